The molecule has 0 aliphatic carbocycles. The third-order valence-corrected chi connectivity index (χ3v) is 3.63. The largest absolute Gasteiger partial charge is 0.370 e. The molecule has 1 aliphatic rings. The lowest BCUT2D eigenvalue weighted by Crippen LogP contribution is -2.44. The summed E-state index contributed by atoms with van der Waals surface area (Å²) in [5.74, 6) is 1.25. The number of nitrogens with zero attached hydrogens (tertiary/aromatic N) is 2. The highest BCUT2D eigenvalue weighted by molar-refractivity contribution is 5.97. The Labute approximate surface area is 103 Å². The molecule has 1 aromatic carbocycles. The summed E-state index contributed by atoms with van der Waals surface area (Å²) in [7, 11) is 0. The van der Waals surface area contributed by atoms with Gasteiger partial charge in [0.2, 0.25) is 0 Å². The predicted molar refractivity (Wildman–Crippen MR) is 73.4 cm³/mol. The van der Waals surface area contributed by atoms with Crippen molar-refractivity contribution < 1.29 is 0 Å². The van der Waals surface area contributed by atoms with E-state index in [-0.39, 0.29) is 0 Å². The Bertz CT molecular complexity index is 408. The third-order valence-electron chi connectivity index (χ3n) is 3.63. The maximum Gasteiger partial charge on any atom is 0.196 e. The summed E-state index contributed by atoms with van der Waals surface area (Å²) in [4.78, 5) is 6.56. The monoisotopic (exact) mass is 231 g/mol. The van der Waals surface area contributed by atoms with Gasteiger partial charge in [0.05, 0.1) is 12.6 Å². The van der Waals surface area contributed by atoms with Crippen molar-refractivity contribution in [3.05, 3.63) is 29.8 Å². The van der Waals surface area contributed by atoms with E-state index in [1.165, 1.54) is 5.56 Å². The van der Waals surface area contributed by atoms with Crippen molar-refractivity contribution in [1.29, 1.82) is 0 Å². The van der Waals surface area contributed by atoms with Gasteiger partial charge in [-0.05, 0) is 25.0 Å². The SMILES string of the molecule is CCC(C)C1CN=C(N)N1c1ccc(C)cc1. The number of nitrogens with two attached hydrogens (primary N) is 1. The smallest absolute Gasteiger partial charge is 0.196 e. The van der Waals surface area contributed by atoms with Crippen LogP contribution in [-0.2, 0) is 0 Å². The second-order valence-corrected chi connectivity index (χ2v) is 4.86. The van der Waals surface area contributed by atoms with Crippen LogP contribution in [0.5, 0.6) is 0 Å². The van der Waals surface area contributed by atoms with Crippen LogP contribution < -0.4 is 10.6 Å². The number of hydrogen-bond donors (Lipinski definition) is 1. The van der Waals surface area contributed by atoms with Gasteiger partial charge in [0.25, 0.3) is 0 Å². The molecule has 17 heavy (non-hydrogen) atoms. The fourth-order valence-electron chi connectivity index (χ4n) is 2.25. The number of aliphatic imine (C=N–C) groups is 1. The minimum Gasteiger partial charge on any atom is -0.370 e. The lowest BCUT2D eigenvalue weighted by Gasteiger charge is -2.30. The number of aryl methyl sites for hydroxylation is 1. The summed E-state index contributed by atoms with van der Waals surface area (Å²) in [5.41, 5.74) is 8.43. The number of rotatable bonds is 3. The van der Waals surface area contributed by atoms with Gasteiger partial charge in [0.1, 0.15) is 0 Å². The molecule has 1 heterocycles. The van der Waals surface area contributed by atoms with Gasteiger partial charge in [-0.3, -0.25) is 4.99 Å². The van der Waals surface area contributed by atoms with E-state index in [0.29, 0.717) is 17.9 Å². The Morgan fingerprint density at radius 3 is 2.65 bits per heavy atom. The van der Waals surface area contributed by atoms with Gasteiger partial charge in [0, 0.05) is 5.69 Å². The lowest BCUT2D eigenvalue weighted by atomic mass is 9.98. The third kappa shape index (κ3) is 2.28. The van der Waals surface area contributed by atoms with Crippen LogP contribution in [0.2, 0.25) is 0 Å². The summed E-state index contributed by atoms with van der Waals surface area (Å²) in [6.45, 7) is 7.39. The maximum absolute atomic E-state index is 6.01. The summed E-state index contributed by atoms with van der Waals surface area (Å²) in [6, 6.07) is 8.89. The first kappa shape index (κ1) is 12.0. The maximum atomic E-state index is 6.01. The summed E-state index contributed by atoms with van der Waals surface area (Å²) in [6.07, 6.45) is 1.15. The predicted octanol–water partition coefficient (Wildman–Crippen LogP) is 2.54. The molecule has 3 heteroatoms. The van der Waals surface area contributed by atoms with Crippen molar-refractivity contribution in [2.75, 3.05) is 11.4 Å². The first-order chi connectivity index (χ1) is 8.13. The van der Waals surface area contributed by atoms with Gasteiger partial charge in [-0.25, -0.2) is 0 Å². The average molecular weight is 231 g/mol. The topological polar surface area (TPSA) is 41.6 Å². The molecule has 1 aromatic rings. The Kier molecular flexibility index (Phi) is 3.36. The quantitative estimate of drug-likeness (QED) is 0.868. The molecule has 0 bridgehead atoms. The van der Waals surface area contributed by atoms with Crippen LogP contribution in [0.4, 0.5) is 5.69 Å². The average Bonchev–Trinajstić information content (AvgIpc) is 2.71. The normalized spacial score (nSPS) is 21.5. The molecule has 2 N–H and O–H groups in total. The Morgan fingerprint density at radius 2 is 2.06 bits per heavy atom. The summed E-state index contributed by atoms with van der Waals surface area (Å²) >= 11 is 0. The number of hydrogen-bond acceptors (Lipinski definition) is 3. The van der Waals surface area contributed by atoms with E-state index < -0.39 is 0 Å². The van der Waals surface area contributed by atoms with Gasteiger partial charge in [-0.15, -0.1) is 0 Å². The zero-order valence-corrected chi connectivity index (χ0v) is 10.9. The molecule has 0 fully saturated rings. The van der Waals surface area contributed by atoms with E-state index in [4.69, 9.17) is 5.73 Å². The molecule has 2 rings (SSSR count). The molecule has 0 aromatic heterocycles. The molecule has 92 valence electrons. The minimum absolute atomic E-state index is 0.405. The highest BCUT2D eigenvalue weighted by atomic mass is 15.3. The molecule has 0 saturated heterocycles. The van der Waals surface area contributed by atoms with E-state index in [1.54, 1.807) is 0 Å². The van der Waals surface area contributed by atoms with E-state index in [0.717, 1.165) is 18.7 Å². The molecule has 0 spiro atoms. The lowest BCUT2D eigenvalue weighted by molar-refractivity contribution is 0.462. The number of anilines is 1. The Morgan fingerprint density at radius 1 is 1.41 bits per heavy atom. The van der Waals surface area contributed by atoms with E-state index in [2.05, 4.69) is 54.9 Å². The van der Waals surface area contributed by atoms with Gasteiger partial charge < -0.3 is 10.6 Å². The zero-order chi connectivity index (χ0) is 12.4. The summed E-state index contributed by atoms with van der Waals surface area (Å²) in [5, 5.41) is 0. The van der Waals surface area contributed by atoms with Crippen LogP contribution in [0.1, 0.15) is 25.8 Å². The second-order valence-electron chi connectivity index (χ2n) is 4.86. The zero-order valence-electron chi connectivity index (χ0n) is 10.9. The molecular formula is C14H21N3. The molecule has 2 atom stereocenters. The van der Waals surface area contributed by atoms with Crippen molar-refractivity contribution in [2.45, 2.75) is 33.2 Å². The van der Waals surface area contributed by atoms with E-state index in [1.807, 2.05) is 0 Å². The van der Waals surface area contributed by atoms with Crippen molar-refractivity contribution in [3.63, 3.8) is 0 Å². The van der Waals surface area contributed by atoms with Crippen molar-refractivity contribution in [3.8, 4) is 0 Å². The van der Waals surface area contributed by atoms with Crippen LogP contribution in [0.15, 0.2) is 29.3 Å². The molecule has 0 saturated carbocycles. The minimum atomic E-state index is 0.405. The number of benzene rings is 1. The molecule has 0 amide bonds. The van der Waals surface area contributed by atoms with Crippen LogP contribution in [0, 0.1) is 12.8 Å². The summed E-state index contributed by atoms with van der Waals surface area (Å²) < 4.78 is 0. The fraction of sp³-hybridized carbons (Fsp3) is 0.500. The fourth-order valence-corrected chi connectivity index (χ4v) is 2.25. The first-order valence-corrected chi connectivity index (χ1v) is 6.29. The van der Waals surface area contributed by atoms with E-state index in [9.17, 15) is 0 Å². The van der Waals surface area contributed by atoms with Crippen molar-refractivity contribution >= 4 is 11.6 Å². The van der Waals surface area contributed by atoms with E-state index >= 15 is 0 Å². The van der Waals surface area contributed by atoms with Crippen LogP contribution in [0.25, 0.3) is 0 Å². The van der Waals surface area contributed by atoms with Gasteiger partial charge in [-0.1, -0.05) is 38.0 Å². The van der Waals surface area contributed by atoms with Crippen LogP contribution in [0.3, 0.4) is 0 Å². The van der Waals surface area contributed by atoms with Crippen molar-refractivity contribution in [1.82, 2.24) is 0 Å². The molecular weight excluding hydrogens is 210 g/mol. The van der Waals surface area contributed by atoms with Gasteiger partial charge in [0.15, 0.2) is 5.96 Å². The van der Waals surface area contributed by atoms with Crippen molar-refractivity contribution in [2.24, 2.45) is 16.6 Å². The molecule has 1 aliphatic heterocycles. The molecule has 2 unspecified atom stereocenters. The van der Waals surface area contributed by atoms with Crippen LogP contribution >= 0.6 is 0 Å². The van der Waals surface area contributed by atoms with Gasteiger partial charge in [-0.2, -0.15) is 0 Å². The molecule has 3 nitrogen and oxygen atoms in total. The second kappa shape index (κ2) is 4.78. The Hall–Kier alpha value is -1.51. The number of guanidine groups is 1. The van der Waals surface area contributed by atoms with Crippen LogP contribution in [-0.4, -0.2) is 18.5 Å². The standard InChI is InChI=1S/C14H21N3/c1-4-11(3)13-9-16-14(15)17(13)12-7-5-10(2)6-8-12/h5-8,11,13H,4,9H2,1-3H3,(H2,15,16). The van der Waals surface area contributed by atoms with Gasteiger partial charge >= 0.3 is 0 Å². The highest BCUT2D eigenvalue weighted by Gasteiger charge is 2.30. The Balaban J connectivity index is 2.27. The molecule has 0 radical (unpaired) electrons. The highest BCUT2D eigenvalue weighted by Crippen LogP contribution is 2.26. The first-order valence-electron chi connectivity index (χ1n) is 6.29.